The van der Waals surface area contributed by atoms with Crippen molar-refractivity contribution >= 4 is 9.52 Å². The summed E-state index contributed by atoms with van der Waals surface area (Å²) in [5.41, 5.74) is 2.64. The standard InChI is InChI=1S/C6H10Si/c1-5-7-6(2,3)4/h1H,2-4H3. The molecule has 0 nitrogen and oxygen atoms in total. The smallest absolute Gasteiger partial charge is 0.138 e. The third kappa shape index (κ3) is 5.78. The van der Waals surface area contributed by atoms with E-state index in [4.69, 9.17) is 6.42 Å². The van der Waals surface area contributed by atoms with Gasteiger partial charge in [0.1, 0.15) is 0 Å². The van der Waals surface area contributed by atoms with Crippen molar-refractivity contribution in [3.8, 4) is 12.0 Å². The monoisotopic (exact) mass is 110 g/mol. The molecule has 38 valence electrons. The van der Waals surface area contributed by atoms with Gasteiger partial charge in [-0.3, -0.25) is 0 Å². The third-order valence-corrected chi connectivity index (χ3v) is 1.34. The summed E-state index contributed by atoms with van der Waals surface area (Å²) in [6, 6.07) is 0. The Labute approximate surface area is 48.1 Å². The normalized spacial score (nSPS) is 10.6. The van der Waals surface area contributed by atoms with Crippen molar-refractivity contribution in [3.63, 3.8) is 0 Å². The zero-order valence-electron chi connectivity index (χ0n) is 5.08. The van der Waals surface area contributed by atoms with Crippen molar-refractivity contribution in [2.45, 2.75) is 25.8 Å². The summed E-state index contributed by atoms with van der Waals surface area (Å²) in [5, 5.41) is 0.342. The lowest BCUT2D eigenvalue weighted by molar-refractivity contribution is 0.760. The Balaban J connectivity index is 3.40. The number of hydrogen-bond acceptors (Lipinski definition) is 0. The lowest BCUT2D eigenvalue weighted by atomic mass is 10.3. The van der Waals surface area contributed by atoms with Crippen molar-refractivity contribution < 1.29 is 0 Å². The van der Waals surface area contributed by atoms with E-state index in [-0.39, 0.29) is 0 Å². The van der Waals surface area contributed by atoms with Crippen molar-refractivity contribution in [2.75, 3.05) is 0 Å². The van der Waals surface area contributed by atoms with Crippen LogP contribution in [0, 0.1) is 12.0 Å². The molecular formula is C6H10Si. The van der Waals surface area contributed by atoms with E-state index < -0.39 is 0 Å². The van der Waals surface area contributed by atoms with Gasteiger partial charge < -0.3 is 0 Å². The average Bonchev–Trinajstić information content (AvgIpc) is 1.30. The molecule has 0 unspecified atom stereocenters. The summed E-state index contributed by atoms with van der Waals surface area (Å²) in [6.07, 6.45) is 5.08. The van der Waals surface area contributed by atoms with E-state index in [2.05, 4.69) is 26.3 Å². The van der Waals surface area contributed by atoms with E-state index >= 15 is 0 Å². The van der Waals surface area contributed by atoms with Crippen molar-refractivity contribution in [1.82, 2.24) is 0 Å². The fourth-order valence-electron chi connectivity index (χ4n) is 0.217. The van der Waals surface area contributed by atoms with Gasteiger partial charge in [-0.05, 0) is 5.04 Å². The summed E-state index contributed by atoms with van der Waals surface area (Å²) in [5.74, 6) is 0. The van der Waals surface area contributed by atoms with Crippen LogP contribution in [0.1, 0.15) is 20.8 Å². The highest BCUT2D eigenvalue weighted by atomic mass is 28.2. The van der Waals surface area contributed by atoms with Gasteiger partial charge in [0, 0.05) is 0 Å². The molecule has 0 aliphatic heterocycles. The zero-order valence-corrected chi connectivity index (χ0v) is 6.08. The maximum atomic E-state index is 5.08. The first-order valence-electron chi connectivity index (χ1n) is 2.29. The number of rotatable bonds is 0. The summed E-state index contributed by atoms with van der Waals surface area (Å²) < 4.78 is 0. The highest BCUT2D eigenvalue weighted by molar-refractivity contribution is 6.49. The van der Waals surface area contributed by atoms with Crippen LogP contribution in [0.5, 0.6) is 0 Å². The molecule has 0 atom stereocenters. The van der Waals surface area contributed by atoms with E-state index in [1.54, 1.807) is 0 Å². The molecule has 0 aliphatic carbocycles. The van der Waals surface area contributed by atoms with Crippen LogP contribution >= 0.6 is 0 Å². The fraction of sp³-hybridized carbons (Fsp3) is 0.667. The molecule has 7 heavy (non-hydrogen) atoms. The van der Waals surface area contributed by atoms with E-state index in [0.717, 1.165) is 0 Å². The Bertz CT molecular complexity index is 81.3. The predicted octanol–water partition coefficient (Wildman–Crippen LogP) is 1.50. The zero-order chi connectivity index (χ0) is 5.91. The number of terminal acetylenes is 1. The molecule has 0 aromatic carbocycles. The molecule has 0 aliphatic rings. The van der Waals surface area contributed by atoms with Crippen LogP contribution in [0.4, 0.5) is 0 Å². The molecule has 1 heteroatoms. The van der Waals surface area contributed by atoms with Crippen molar-refractivity contribution in [3.05, 3.63) is 0 Å². The minimum atomic E-state index is 0.342. The van der Waals surface area contributed by atoms with Crippen LogP contribution in [0.3, 0.4) is 0 Å². The van der Waals surface area contributed by atoms with Gasteiger partial charge in [0.25, 0.3) is 0 Å². The van der Waals surface area contributed by atoms with Crippen molar-refractivity contribution in [1.29, 1.82) is 0 Å². The SMILES string of the molecule is C#C[Si]C(C)(C)C. The highest BCUT2D eigenvalue weighted by Crippen LogP contribution is 2.18. The van der Waals surface area contributed by atoms with E-state index in [9.17, 15) is 0 Å². The third-order valence-electron chi connectivity index (χ3n) is 0.447. The first-order valence-corrected chi connectivity index (χ1v) is 3.29. The van der Waals surface area contributed by atoms with Gasteiger partial charge in [0.2, 0.25) is 0 Å². The molecule has 0 bridgehead atoms. The van der Waals surface area contributed by atoms with E-state index in [1.807, 2.05) is 0 Å². The van der Waals surface area contributed by atoms with E-state index in [1.165, 1.54) is 0 Å². The van der Waals surface area contributed by atoms with Crippen molar-refractivity contribution in [2.24, 2.45) is 0 Å². The minimum absolute atomic E-state index is 0.342. The average molecular weight is 110 g/mol. The molecule has 0 fully saturated rings. The molecule has 0 aromatic heterocycles. The summed E-state index contributed by atoms with van der Waals surface area (Å²) in [6.45, 7) is 6.43. The maximum absolute atomic E-state index is 5.08. The highest BCUT2D eigenvalue weighted by Gasteiger charge is 2.07. The first kappa shape index (κ1) is 6.78. The van der Waals surface area contributed by atoms with Crippen LogP contribution in [0.2, 0.25) is 5.04 Å². The molecule has 0 saturated heterocycles. The predicted molar refractivity (Wildman–Crippen MR) is 34.3 cm³/mol. The van der Waals surface area contributed by atoms with Gasteiger partial charge >= 0.3 is 0 Å². The van der Waals surface area contributed by atoms with Crippen LogP contribution < -0.4 is 0 Å². The maximum Gasteiger partial charge on any atom is 0.153 e. The molecule has 2 radical (unpaired) electrons. The Morgan fingerprint density at radius 1 is 1.43 bits per heavy atom. The lowest BCUT2D eigenvalue weighted by Crippen LogP contribution is -2.04. The molecule has 0 spiro atoms. The second-order valence-corrected chi connectivity index (χ2v) is 4.56. The van der Waals surface area contributed by atoms with Crippen LogP contribution in [0.15, 0.2) is 0 Å². The molecular weight excluding hydrogens is 100 g/mol. The summed E-state index contributed by atoms with van der Waals surface area (Å²) in [4.78, 5) is 0. The van der Waals surface area contributed by atoms with Gasteiger partial charge in [-0.1, -0.05) is 20.8 Å². The van der Waals surface area contributed by atoms with E-state index in [0.29, 0.717) is 14.6 Å². The fourth-order valence-corrected chi connectivity index (χ4v) is 0.650. The quantitative estimate of drug-likeness (QED) is 0.327. The van der Waals surface area contributed by atoms with Gasteiger partial charge in [0.05, 0.1) is 0 Å². The Morgan fingerprint density at radius 3 is 1.86 bits per heavy atom. The molecule has 0 aromatic rings. The molecule has 0 rings (SSSR count). The van der Waals surface area contributed by atoms with Gasteiger partial charge in [-0.15, -0.1) is 12.0 Å². The minimum Gasteiger partial charge on any atom is -0.138 e. The Morgan fingerprint density at radius 2 is 1.86 bits per heavy atom. The lowest BCUT2D eigenvalue weighted by Gasteiger charge is -2.10. The number of hydrogen-bond donors (Lipinski definition) is 0. The summed E-state index contributed by atoms with van der Waals surface area (Å²) >= 11 is 0. The van der Waals surface area contributed by atoms with Crippen LogP contribution in [0.25, 0.3) is 0 Å². The molecule has 0 saturated carbocycles. The topological polar surface area (TPSA) is 0 Å². The van der Waals surface area contributed by atoms with Gasteiger partial charge in [-0.2, -0.15) is 0 Å². The van der Waals surface area contributed by atoms with Gasteiger partial charge in [0.15, 0.2) is 9.52 Å². The van der Waals surface area contributed by atoms with Crippen LogP contribution in [-0.4, -0.2) is 9.52 Å². The summed E-state index contributed by atoms with van der Waals surface area (Å²) in [7, 11) is 0.652. The first-order chi connectivity index (χ1) is 3.06. The Kier molecular flexibility index (Phi) is 2.11. The van der Waals surface area contributed by atoms with Crippen LogP contribution in [-0.2, 0) is 0 Å². The second kappa shape index (κ2) is 2.18. The Hall–Kier alpha value is -0.223. The molecule has 0 amide bonds. The molecule has 0 heterocycles. The molecule has 0 N–H and O–H groups in total. The second-order valence-electron chi connectivity index (χ2n) is 2.52. The largest absolute Gasteiger partial charge is 0.153 e. The van der Waals surface area contributed by atoms with Gasteiger partial charge in [-0.25, -0.2) is 0 Å².